The second kappa shape index (κ2) is 8.44. The largest absolute Gasteiger partial charge is 0.494 e. The zero-order valence-electron chi connectivity index (χ0n) is 16.2. The molecule has 0 aliphatic carbocycles. The van der Waals surface area contributed by atoms with Crippen LogP contribution in [0.4, 0.5) is 11.4 Å². The number of amides is 1. The first-order chi connectivity index (χ1) is 15.0. The third-order valence-electron chi connectivity index (χ3n) is 4.53. The molecule has 2 heterocycles. The van der Waals surface area contributed by atoms with Crippen LogP contribution in [0.1, 0.15) is 15.2 Å². The molecule has 0 saturated carbocycles. The number of carbonyl (C=O) groups is 2. The first kappa shape index (κ1) is 20.4. The number of nitro benzene ring substituents is 1. The maximum absolute atomic E-state index is 12.4. The van der Waals surface area contributed by atoms with Crippen LogP contribution in [0.2, 0.25) is 0 Å². The van der Waals surface area contributed by atoms with Crippen LogP contribution in [0.5, 0.6) is 11.5 Å². The number of esters is 1. The summed E-state index contributed by atoms with van der Waals surface area (Å²) in [6.07, 6.45) is 0. The number of thiophene rings is 1. The van der Waals surface area contributed by atoms with E-state index in [4.69, 9.17) is 14.2 Å². The van der Waals surface area contributed by atoms with Gasteiger partial charge < -0.3 is 19.5 Å². The van der Waals surface area contributed by atoms with Gasteiger partial charge >= 0.3 is 5.97 Å². The van der Waals surface area contributed by atoms with E-state index in [0.29, 0.717) is 11.5 Å². The van der Waals surface area contributed by atoms with Gasteiger partial charge in [0, 0.05) is 22.1 Å². The quantitative estimate of drug-likeness (QED) is 0.349. The van der Waals surface area contributed by atoms with Crippen molar-refractivity contribution < 1.29 is 28.7 Å². The van der Waals surface area contributed by atoms with Gasteiger partial charge in [0.25, 0.3) is 11.6 Å². The molecule has 0 fully saturated rings. The minimum Gasteiger partial charge on any atom is -0.494 e. The Balaban J connectivity index is 1.41. The highest BCUT2D eigenvalue weighted by Gasteiger charge is 2.23. The number of nitrogens with one attached hydrogen (secondary N) is 1. The van der Waals surface area contributed by atoms with Crippen molar-refractivity contribution in [3.8, 4) is 21.9 Å². The van der Waals surface area contributed by atoms with Crippen molar-refractivity contribution in [1.29, 1.82) is 0 Å². The fourth-order valence-corrected chi connectivity index (χ4v) is 4.18. The number of ether oxygens (including phenoxy) is 3. The summed E-state index contributed by atoms with van der Waals surface area (Å²) in [5, 5.41) is 13.4. The van der Waals surface area contributed by atoms with E-state index in [2.05, 4.69) is 5.32 Å². The van der Waals surface area contributed by atoms with Crippen molar-refractivity contribution in [2.75, 3.05) is 19.0 Å². The lowest BCUT2D eigenvalue weighted by Gasteiger charge is -2.16. The number of non-ortho nitro benzene ring substituents is 1. The van der Waals surface area contributed by atoms with E-state index in [-0.39, 0.29) is 17.1 Å². The molecule has 1 aliphatic rings. The van der Waals surface area contributed by atoms with Gasteiger partial charge in [-0.25, -0.2) is 4.79 Å². The molecule has 1 aromatic heterocycles. The molecule has 0 unspecified atom stereocenters. The molecule has 0 saturated heterocycles. The van der Waals surface area contributed by atoms with Crippen molar-refractivity contribution in [2.45, 2.75) is 6.61 Å². The molecule has 2 aromatic carbocycles. The van der Waals surface area contributed by atoms with Crippen molar-refractivity contribution >= 4 is 34.6 Å². The molecule has 0 radical (unpaired) electrons. The Morgan fingerprint density at radius 3 is 2.81 bits per heavy atom. The molecule has 4 rings (SSSR count). The number of anilines is 1. The van der Waals surface area contributed by atoms with Crippen LogP contribution in [0.15, 0.2) is 48.5 Å². The number of para-hydroxylation sites is 1. The van der Waals surface area contributed by atoms with E-state index >= 15 is 0 Å². The smallest absolute Gasteiger partial charge is 0.348 e. The minimum atomic E-state index is -0.623. The number of hydrogen-bond donors (Lipinski definition) is 1. The van der Waals surface area contributed by atoms with Crippen LogP contribution in [0, 0.1) is 10.1 Å². The van der Waals surface area contributed by atoms with Crippen LogP contribution in [0.3, 0.4) is 0 Å². The Morgan fingerprint density at radius 2 is 2.03 bits per heavy atom. The lowest BCUT2D eigenvalue weighted by atomic mass is 10.1. The van der Waals surface area contributed by atoms with E-state index in [1.807, 2.05) is 24.3 Å². The van der Waals surface area contributed by atoms with Gasteiger partial charge in [-0.15, -0.1) is 11.3 Å². The van der Waals surface area contributed by atoms with Gasteiger partial charge in [-0.1, -0.05) is 12.1 Å². The highest BCUT2D eigenvalue weighted by molar-refractivity contribution is 7.17. The average molecular weight is 440 g/mol. The topological polar surface area (TPSA) is 117 Å². The van der Waals surface area contributed by atoms with Crippen molar-refractivity contribution in [3.63, 3.8) is 0 Å². The second-order valence-electron chi connectivity index (χ2n) is 6.52. The van der Waals surface area contributed by atoms with Crippen molar-refractivity contribution in [2.24, 2.45) is 0 Å². The summed E-state index contributed by atoms with van der Waals surface area (Å²) >= 11 is 1.28. The minimum absolute atomic E-state index is 0.124. The number of benzene rings is 2. The number of carbonyl (C=O) groups excluding carboxylic acids is 2. The van der Waals surface area contributed by atoms with Gasteiger partial charge in [-0.05, 0) is 24.3 Å². The summed E-state index contributed by atoms with van der Waals surface area (Å²) in [7, 11) is 1.33. The van der Waals surface area contributed by atoms with Gasteiger partial charge in [0.2, 0.25) is 0 Å². The van der Waals surface area contributed by atoms with E-state index in [1.54, 1.807) is 6.07 Å². The van der Waals surface area contributed by atoms with Gasteiger partial charge in [-0.3, -0.25) is 14.9 Å². The molecule has 0 bridgehead atoms. The first-order valence-electron chi connectivity index (χ1n) is 9.10. The van der Waals surface area contributed by atoms with Crippen LogP contribution in [-0.4, -0.2) is 30.5 Å². The second-order valence-corrected chi connectivity index (χ2v) is 7.57. The number of hydrogen-bond acceptors (Lipinski definition) is 8. The number of fused-ring (bicyclic) bond motifs is 3. The van der Waals surface area contributed by atoms with Crippen LogP contribution in [-0.2, 0) is 16.1 Å². The molecule has 1 aliphatic heterocycles. The summed E-state index contributed by atoms with van der Waals surface area (Å²) in [5.74, 6) is -0.343. The SMILES string of the molecule is COc1cc([N+](=O)[O-])ccc1NC(=O)COC(=O)c1cc2c(s1)-c1ccccc1OC2. The van der Waals surface area contributed by atoms with Crippen LogP contribution >= 0.6 is 11.3 Å². The Bertz CT molecular complexity index is 1190. The third-order valence-corrected chi connectivity index (χ3v) is 5.72. The molecule has 1 N–H and O–H groups in total. The summed E-state index contributed by atoms with van der Waals surface area (Å²) in [5.41, 5.74) is 1.86. The summed E-state index contributed by atoms with van der Waals surface area (Å²) in [6, 6.07) is 13.0. The zero-order chi connectivity index (χ0) is 22.0. The molecule has 9 nitrogen and oxygen atoms in total. The van der Waals surface area contributed by atoms with Gasteiger partial charge in [-0.2, -0.15) is 0 Å². The van der Waals surface area contributed by atoms with E-state index in [9.17, 15) is 19.7 Å². The molecule has 0 spiro atoms. The molecule has 31 heavy (non-hydrogen) atoms. The standard InChI is InChI=1S/C21H16N2O7S/c1-28-17-9-13(23(26)27)6-7-15(17)22-19(24)11-30-21(25)18-8-12-10-29-16-5-3-2-4-14(16)20(12)31-18/h2-9H,10-11H2,1H3,(H,22,24). The fourth-order valence-electron chi connectivity index (χ4n) is 3.09. The predicted molar refractivity (Wildman–Crippen MR) is 113 cm³/mol. The van der Waals surface area contributed by atoms with Gasteiger partial charge in [0.1, 0.15) is 23.0 Å². The normalized spacial score (nSPS) is 11.5. The Kier molecular flexibility index (Phi) is 5.54. The predicted octanol–water partition coefficient (Wildman–Crippen LogP) is 4.02. The molecule has 0 atom stereocenters. The Hall–Kier alpha value is -3.92. The number of nitro groups is 1. The lowest BCUT2D eigenvalue weighted by Crippen LogP contribution is -2.21. The fraction of sp³-hybridized carbons (Fsp3) is 0.143. The Morgan fingerprint density at radius 1 is 1.23 bits per heavy atom. The third kappa shape index (κ3) is 4.19. The maximum atomic E-state index is 12.4. The number of methoxy groups -OCH3 is 1. The first-order valence-corrected chi connectivity index (χ1v) is 9.92. The molecule has 1 amide bonds. The van der Waals surface area contributed by atoms with Crippen LogP contribution in [0.25, 0.3) is 10.4 Å². The van der Waals surface area contributed by atoms with Crippen molar-refractivity contribution in [1.82, 2.24) is 0 Å². The van der Waals surface area contributed by atoms with Gasteiger partial charge in [0.15, 0.2) is 6.61 Å². The number of rotatable bonds is 6. The molecule has 10 heteroatoms. The molecular formula is C21H16N2O7S. The van der Waals surface area contributed by atoms with E-state index < -0.39 is 23.4 Å². The Labute approximate surface area is 180 Å². The van der Waals surface area contributed by atoms with Gasteiger partial charge in [0.05, 0.1) is 23.8 Å². The molecular weight excluding hydrogens is 424 g/mol. The molecule has 3 aromatic rings. The van der Waals surface area contributed by atoms with Crippen LogP contribution < -0.4 is 14.8 Å². The summed E-state index contributed by atoms with van der Waals surface area (Å²) in [4.78, 5) is 36.2. The van der Waals surface area contributed by atoms with Crippen molar-refractivity contribution in [3.05, 3.63) is 69.1 Å². The highest BCUT2D eigenvalue weighted by Crippen LogP contribution is 2.42. The zero-order valence-corrected chi connectivity index (χ0v) is 17.1. The summed E-state index contributed by atoms with van der Waals surface area (Å²) < 4.78 is 15.9. The average Bonchev–Trinajstić information content (AvgIpc) is 3.22. The highest BCUT2D eigenvalue weighted by atomic mass is 32.1. The molecule has 158 valence electrons. The lowest BCUT2D eigenvalue weighted by molar-refractivity contribution is -0.384. The summed E-state index contributed by atoms with van der Waals surface area (Å²) in [6.45, 7) is -0.162. The number of nitrogens with zero attached hydrogens (tertiary/aromatic N) is 1. The maximum Gasteiger partial charge on any atom is 0.348 e. The van der Waals surface area contributed by atoms with E-state index in [1.165, 1.54) is 36.6 Å². The monoisotopic (exact) mass is 440 g/mol. The van der Waals surface area contributed by atoms with E-state index in [0.717, 1.165) is 21.8 Å².